The van der Waals surface area contributed by atoms with E-state index in [0.29, 0.717) is 49.4 Å². The number of aliphatic hydroxyl groups excluding tert-OH is 1. The number of carbonyl (C=O) groups excluding carboxylic acids is 3. The first-order valence-electron chi connectivity index (χ1n) is 15.8. The van der Waals surface area contributed by atoms with E-state index in [0.717, 1.165) is 11.1 Å². The van der Waals surface area contributed by atoms with Crippen molar-refractivity contribution in [3.63, 3.8) is 0 Å². The van der Waals surface area contributed by atoms with Crippen LogP contribution in [0.1, 0.15) is 42.0 Å². The Kier molecular flexibility index (Phi) is 12.5. The lowest BCUT2D eigenvalue weighted by molar-refractivity contribution is -0.125. The molecule has 1 aliphatic rings. The summed E-state index contributed by atoms with van der Waals surface area (Å²) in [6.07, 6.45) is 0.277. The maximum Gasteiger partial charge on any atom is 0.317 e. The first kappa shape index (κ1) is 34.4. The number of carbonyl (C=O) groups is 3. The first-order valence-corrected chi connectivity index (χ1v) is 15.8. The molecule has 4 atom stereocenters. The molecule has 0 saturated carbocycles. The van der Waals surface area contributed by atoms with E-state index in [1.54, 1.807) is 18.7 Å². The highest BCUT2D eigenvalue weighted by Gasteiger charge is 2.28. The standard InChI is InChI=1S/C36H45FN4O5/c1-24(22-41-15-14-38-36(41)45)16-33(43)39-30(19-27-10-6-4-7-11-27)21-32(42)31(20-28-12-8-5-9-13-28)40-34(44)23-46-35-25(2)17-29(37)18-26(35)3/h4-13,17-18,24,30-32,42H,14-16,19-23H2,1-3H3,(H,38,45)(H,39,43)(H,40,44)/t24?,30-,31-,32-/m0/s1. The van der Waals surface area contributed by atoms with Crippen molar-refractivity contribution in [2.24, 2.45) is 5.92 Å². The van der Waals surface area contributed by atoms with Crippen molar-refractivity contribution < 1.29 is 28.6 Å². The van der Waals surface area contributed by atoms with Crippen LogP contribution in [-0.4, -0.2) is 72.3 Å². The summed E-state index contributed by atoms with van der Waals surface area (Å²) in [7, 11) is 0. The third kappa shape index (κ3) is 10.6. The van der Waals surface area contributed by atoms with Crippen LogP contribution in [0, 0.1) is 25.6 Å². The molecule has 0 aromatic heterocycles. The van der Waals surface area contributed by atoms with Crippen LogP contribution in [-0.2, 0) is 22.4 Å². The van der Waals surface area contributed by atoms with Crippen molar-refractivity contribution in [1.29, 1.82) is 0 Å². The predicted molar refractivity (Wildman–Crippen MR) is 175 cm³/mol. The molecule has 3 aromatic rings. The second-order valence-corrected chi connectivity index (χ2v) is 12.3. The molecule has 9 nitrogen and oxygen atoms in total. The van der Waals surface area contributed by atoms with Gasteiger partial charge in [-0.1, -0.05) is 67.6 Å². The highest BCUT2D eigenvalue weighted by molar-refractivity contribution is 5.78. The minimum Gasteiger partial charge on any atom is -0.483 e. The topological polar surface area (TPSA) is 120 Å². The Morgan fingerprint density at radius 1 is 0.957 bits per heavy atom. The minimum absolute atomic E-state index is 0.0513. The number of halogens is 1. The van der Waals surface area contributed by atoms with Crippen molar-refractivity contribution in [3.05, 3.63) is 101 Å². The molecule has 1 fully saturated rings. The average molecular weight is 633 g/mol. The van der Waals surface area contributed by atoms with Gasteiger partial charge >= 0.3 is 6.03 Å². The third-order valence-electron chi connectivity index (χ3n) is 8.11. The monoisotopic (exact) mass is 632 g/mol. The van der Waals surface area contributed by atoms with E-state index in [9.17, 15) is 23.9 Å². The van der Waals surface area contributed by atoms with Crippen LogP contribution < -0.4 is 20.7 Å². The Balaban J connectivity index is 1.44. The zero-order valence-electron chi connectivity index (χ0n) is 26.8. The van der Waals surface area contributed by atoms with Gasteiger partial charge in [0.05, 0.1) is 12.1 Å². The van der Waals surface area contributed by atoms with E-state index in [1.165, 1.54) is 12.1 Å². The number of amides is 4. The number of nitrogens with zero attached hydrogens (tertiary/aromatic N) is 1. The van der Waals surface area contributed by atoms with E-state index in [-0.39, 0.29) is 43.1 Å². The fraction of sp³-hybridized carbons (Fsp3) is 0.417. The van der Waals surface area contributed by atoms with Gasteiger partial charge in [0, 0.05) is 32.1 Å². The number of aliphatic hydroxyl groups is 1. The van der Waals surface area contributed by atoms with Crippen LogP contribution in [0.4, 0.5) is 9.18 Å². The minimum atomic E-state index is -1.00. The lowest BCUT2D eigenvalue weighted by Gasteiger charge is -2.29. The molecular weight excluding hydrogens is 587 g/mol. The summed E-state index contributed by atoms with van der Waals surface area (Å²) in [6, 6.07) is 20.8. The lowest BCUT2D eigenvalue weighted by Crippen LogP contribution is -2.49. The molecule has 1 aliphatic heterocycles. The quantitative estimate of drug-likeness (QED) is 0.190. The van der Waals surface area contributed by atoms with E-state index in [2.05, 4.69) is 16.0 Å². The van der Waals surface area contributed by atoms with Crippen molar-refractivity contribution in [2.45, 2.75) is 64.6 Å². The number of nitrogens with one attached hydrogen (secondary N) is 3. The highest BCUT2D eigenvalue weighted by Crippen LogP contribution is 2.24. The fourth-order valence-corrected chi connectivity index (χ4v) is 5.94. The lowest BCUT2D eigenvalue weighted by atomic mass is 9.93. The molecule has 1 heterocycles. The van der Waals surface area contributed by atoms with E-state index in [4.69, 9.17) is 4.74 Å². The molecule has 1 saturated heterocycles. The molecule has 3 aromatic carbocycles. The molecule has 246 valence electrons. The summed E-state index contributed by atoms with van der Waals surface area (Å²) in [5, 5.41) is 20.4. The van der Waals surface area contributed by atoms with Gasteiger partial charge in [-0.3, -0.25) is 9.59 Å². The van der Waals surface area contributed by atoms with Crippen LogP contribution in [0.2, 0.25) is 0 Å². The number of rotatable bonds is 16. The summed E-state index contributed by atoms with van der Waals surface area (Å²) in [5.74, 6) is -0.566. The van der Waals surface area contributed by atoms with Gasteiger partial charge < -0.3 is 30.7 Å². The number of hydrogen-bond acceptors (Lipinski definition) is 5. The Morgan fingerprint density at radius 2 is 1.57 bits per heavy atom. The van der Waals surface area contributed by atoms with Crippen molar-refractivity contribution in [3.8, 4) is 5.75 Å². The van der Waals surface area contributed by atoms with E-state index in [1.807, 2.05) is 67.6 Å². The fourth-order valence-electron chi connectivity index (χ4n) is 5.94. The summed E-state index contributed by atoms with van der Waals surface area (Å²) in [6.45, 7) is 6.78. The zero-order valence-corrected chi connectivity index (χ0v) is 26.8. The second kappa shape index (κ2) is 16.7. The van der Waals surface area contributed by atoms with Gasteiger partial charge in [0.25, 0.3) is 5.91 Å². The molecule has 4 amide bonds. The van der Waals surface area contributed by atoms with Crippen LogP contribution >= 0.6 is 0 Å². The number of aryl methyl sites for hydroxylation is 2. The predicted octanol–water partition coefficient (Wildman–Crippen LogP) is 4.08. The van der Waals surface area contributed by atoms with Crippen molar-refractivity contribution in [1.82, 2.24) is 20.9 Å². The van der Waals surface area contributed by atoms with Crippen molar-refractivity contribution >= 4 is 17.8 Å². The second-order valence-electron chi connectivity index (χ2n) is 12.3. The smallest absolute Gasteiger partial charge is 0.317 e. The maximum atomic E-state index is 13.7. The normalized spacial score (nSPS) is 15.4. The molecule has 1 unspecified atom stereocenters. The summed E-state index contributed by atoms with van der Waals surface area (Å²) >= 11 is 0. The Morgan fingerprint density at radius 3 is 2.15 bits per heavy atom. The average Bonchev–Trinajstić information content (AvgIpc) is 3.40. The van der Waals surface area contributed by atoms with Crippen LogP contribution in [0.25, 0.3) is 0 Å². The van der Waals surface area contributed by atoms with Gasteiger partial charge in [0.2, 0.25) is 5.91 Å². The molecule has 4 rings (SSSR count). The van der Waals surface area contributed by atoms with Gasteiger partial charge in [0.15, 0.2) is 6.61 Å². The molecule has 10 heteroatoms. The van der Waals surface area contributed by atoms with Gasteiger partial charge in [-0.15, -0.1) is 0 Å². The maximum absolute atomic E-state index is 13.7. The Labute approximate surface area is 270 Å². The molecule has 0 aliphatic carbocycles. The molecule has 46 heavy (non-hydrogen) atoms. The molecule has 0 spiro atoms. The largest absolute Gasteiger partial charge is 0.483 e. The number of ether oxygens (including phenoxy) is 1. The molecular formula is C36H45FN4O5. The number of urea groups is 1. The van der Waals surface area contributed by atoms with Gasteiger partial charge in [-0.2, -0.15) is 0 Å². The summed E-state index contributed by atoms with van der Waals surface area (Å²) < 4.78 is 19.5. The SMILES string of the molecule is Cc1cc(F)cc(C)c1OCC(=O)N[C@@H](Cc1ccccc1)[C@@H](O)C[C@H](Cc1ccccc1)NC(=O)CC(C)CN1CCNC1=O. The molecule has 0 radical (unpaired) electrons. The van der Waals surface area contributed by atoms with E-state index >= 15 is 0 Å². The summed E-state index contributed by atoms with van der Waals surface area (Å²) in [5.41, 5.74) is 3.11. The number of hydrogen-bond donors (Lipinski definition) is 4. The number of benzene rings is 3. The Bertz CT molecular complexity index is 1430. The van der Waals surface area contributed by atoms with Gasteiger partial charge in [-0.05, 0) is 73.4 Å². The van der Waals surface area contributed by atoms with Gasteiger partial charge in [-0.25, -0.2) is 9.18 Å². The summed E-state index contributed by atoms with van der Waals surface area (Å²) in [4.78, 5) is 40.0. The van der Waals surface area contributed by atoms with Crippen LogP contribution in [0.5, 0.6) is 5.75 Å². The van der Waals surface area contributed by atoms with Crippen molar-refractivity contribution in [2.75, 3.05) is 26.2 Å². The Hall–Kier alpha value is -4.44. The van der Waals surface area contributed by atoms with Gasteiger partial charge in [0.1, 0.15) is 11.6 Å². The van der Waals surface area contributed by atoms with E-state index < -0.39 is 24.1 Å². The highest BCUT2D eigenvalue weighted by atomic mass is 19.1. The van der Waals surface area contributed by atoms with Crippen LogP contribution in [0.15, 0.2) is 72.8 Å². The zero-order chi connectivity index (χ0) is 33.1. The molecule has 0 bridgehead atoms. The molecule has 4 N–H and O–H groups in total. The first-order chi connectivity index (χ1) is 22.1. The van der Waals surface area contributed by atoms with Crippen LogP contribution in [0.3, 0.4) is 0 Å². The third-order valence-corrected chi connectivity index (χ3v) is 8.11.